The molecule has 1 aromatic heterocycles. The fourth-order valence-electron chi connectivity index (χ4n) is 1.06. The molecule has 84 valence electrons. The van der Waals surface area contributed by atoms with Crippen molar-refractivity contribution >= 4 is 18.3 Å². The number of pyridine rings is 1. The summed E-state index contributed by atoms with van der Waals surface area (Å²) in [6.45, 7) is 4.10. The second kappa shape index (κ2) is 6.37. The molecule has 0 aliphatic rings. The Balaban J connectivity index is 0.00000196. The summed E-state index contributed by atoms with van der Waals surface area (Å²) in [5.74, 6) is -0.147. The summed E-state index contributed by atoms with van der Waals surface area (Å²) in [4.78, 5) is 15.2. The van der Waals surface area contributed by atoms with E-state index < -0.39 is 6.04 Å². The normalized spacial score (nSPS) is 11.4. The molecule has 0 aromatic carbocycles. The maximum atomic E-state index is 11.1. The highest BCUT2D eigenvalue weighted by Gasteiger charge is 2.05. The van der Waals surface area contributed by atoms with Gasteiger partial charge in [0.25, 0.3) is 0 Å². The van der Waals surface area contributed by atoms with Crippen LogP contribution in [0.3, 0.4) is 0 Å². The Labute approximate surface area is 95.7 Å². The lowest BCUT2D eigenvalue weighted by atomic mass is 10.2. The molecule has 0 radical (unpaired) electrons. The largest absolute Gasteiger partial charge is 0.351 e. The second-order valence-corrected chi connectivity index (χ2v) is 3.38. The van der Waals surface area contributed by atoms with E-state index in [1.54, 1.807) is 19.3 Å². The van der Waals surface area contributed by atoms with Crippen LogP contribution in [0.2, 0.25) is 0 Å². The topological polar surface area (TPSA) is 68.0 Å². The minimum atomic E-state index is -0.465. The quantitative estimate of drug-likeness (QED) is 0.805. The van der Waals surface area contributed by atoms with Gasteiger partial charge in [0, 0.05) is 18.9 Å². The molecule has 0 spiro atoms. The van der Waals surface area contributed by atoms with Crippen LogP contribution in [0.4, 0.5) is 0 Å². The molecule has 1 atom stereocenters. The van der Waals surface area contributed by atoms with Gasteiger partial charge < -0.3 is 11.1 Å². The third-order valence-electron chi connectivity index (χ3n) is 1.81. The van der Waals surface area contributed by atoms with Crippen molar-refractivity contribution in [2.75, 3.05) is 0 Å². The molecular formula is C10H16ClN3O. The zero-order valence-corrected chi connectivity index (χ0v) is 9.67. The first-order chi connectivity index (χ1) is 6.59. The first kappa shape index (κ1) is 13.9. The van der Waals surface area contributed by atoms with Gasteiger partial charge in [-0.3, -0.25) is 9.78 Å². The molecular weight excluding hydrogens is 214 g/mol. The molecule has 4 nitrogen and oxygen atoms in total. The van der Waals surface area contributed by atoms with Gasteiger partial charge in [-0.15, -0.1) is 12.4 Å². The summed E-state index contributed by atoms with van der Waals surface area (Å²) in [6, 6.07) is 1.52. The van der Waals surface area contributed by atoms with Crippen LogP contribution in [-0.2, 0) is 11.3 Å². The lowest BCUT2D eigenvalue weighted by Crippen LogP contribution is -2.37. The van der Waals surface area contributed by atoms with Crippen LogP contribution in [-0.4, -0.2) is 16.9 Å². The van der Waals surface area contributed by atoms with E-state index in [9.17, 15) is 4.79 Å². The summed E-state index contributed by atoms with van der Waals surface area (Å²) in [7, 11) is 0. The fourth-order valence-corrected chi connectivity index (χ4v) is 1.06. The predicted octanol–water partition coefficient (Wildman–Crippen LogP) is 0.775. The Morgan fingerprint density at radius 1 is 1.60 bits per heavy atom. The molecule has 1 heterocycles. The first-order valence-corrected chi connectivity index (χ1v) is 4.53. The zero-order valence-electron chi connectivity index (χ0n) is 8.86. The highest BCUT2D eigenvalue weighted by Crippen LogP contribution is 2.00. The standard InChI is InChI=1S/C10H15N3O.ClH/c1-7-3-9(5-12-4-7)6-13-10(14)8(2)11;/h3-5,8H,6,11H2,1-2H3,(H,13,14);1H/t8-;/m1./s1. The Bertz CT molecular complexity index is 328. The Morgan fingerprint density at radius 3 is 2.80 bits per heavy atom. The van der Waals surface area contributed by atoms with Crippen LogP contribution >= 0.6 is 12.4 Å². The maximum absolute atomic E-state index is 11.1. The van der Waals surface area contributed by atoms with Gasteiger partial charge >= 0.3 is 0 Å². The van der Waals surface area contributed by atoms with Gasteiger partial charge in [0.05, 0.1) is 6.04 Å². The SMILES string of the molecule is Cc1cncc(CNC(=O)[C@@H](C)N)c1.Cl. The molecule has 1 aromatic rings. The number of nitrogens with one attached hydrogen (secondary N) is 1. The second-order valence-electron chi connectivity index (χ2n) is 3.38. The Morgan fingerprint density at radius 2 is 2.27 bits per heavy atom. The van der Waals surface area contributed by atoms with E-state index in [4.69, 9.17) is 5.73 Å². The van der Waals surface area contributed by atoms with E-state index in [1.165, 1.54) is 0 Å². The van der Waals surface area contributed by atoms with Gasteiger partial charge in [0.15, 0.2) is 0 Å². The van der Waals surface area contributed by atoms with Gasteiger partial charge in [-0.05, 0) is 25.0 Å². The molecule has 5 heteroatoms. The number of hydrogen-bond acceptors (Lipinski definition) is 3. The van der Waals surface area contributed by atoms with Crippen molar-refractivity contribution < 1.29 is 4.79 Å². The number of nitrogens with zero attached hydrogens (tertiary/aromatic N) is 1. The Hall–Kier alpha value is -1.13. The van der Waals surface area contributed by atoms with Crippen LogP contribution in [0.15, 0.2) is 18.5 Å². The summed E-state index contributed by atoms with van der Waals surface area (Å²) in [6.07, 6.45) is 3.51. The third-order valence-corrected chi connectivity index (χ3v) is 1.81. The summed E-state index contributed by atoms with van der Waals surface area (Å²) in [5.41, 5.74) is 7.47. The third kappa shape index (κ3) is 4.76. The van der Waals surface area contributed by atoms with Crippen molar-refractivity contribution in [2.24, 2.45) is 5.73 Å². The van der Waals surface area contributed by atoms with Gasteiger partial charge in [-0.1, -0.05) is 6.07 Å². The molecule has 3 N–H and O–H groups in total. The molecule has 0 fully saturated rings. The number of carbonyl (C=O) groups excluding carboxylic acids is 1. The van der Waals surface area contributed by atoms with Crippen molar-refractivity contribution in [3.8, 4) is 0 Å². The molecule has 0 aliphatic heterocycles. The number of rotatable bonds is 3. The van der Waals surface area contributed by atoms with Crippen molar-refractivity contribution in [3.05, 3.63) is 29.6 Å². The Kier molecular flexibility index (Phi) is 5.89. The molecule has 0 saturated carbocycles. The van der Waals surface area contributed by atoms with Crippen molar-refractivity contribution in [3.63, 3.8) is 0 Å². The van der Waals surface area contributed by atoms with E-state index in [0.29, 0.717) is 6.54 Å². The van der Waals surface area contributed by atoms with Crippen molar-refractivity contribution in [1.82, 2.24) is 10.3 Å². The number of carbonyl (C=O) groups is 1. The average molecular weight is 230 g/mol. The van der Waals surface area contributed by atoms with E-state index in [2.05, 4.69) is 10.3 Å². The highest BCUT2D eigenvalue weighted by atomic mass is 35.5. The number of aryl methyl sites for hydroxylation is 1. The molecule has 1 rings (SSSR count). The number of hydrogen-bond donors (Lipinski definition) is 2. The van der Waals surface area contributed by atoms with Crippen LogP contribution in [0, 0.1) is 6.92 Å². The van der Waals surface area contributed by atoms with E-state index in [0.717, 1.165) is 11.1 Å². The number of nitrogens with two attached hydrogens (primary N) is 1. The molecule has 1 amide bonds. The van der Waals surface area contributed by atoms with Gasteiger partial charge in [0.2, 0.25) is 5.91 Å². The molecule has 0 aliphatic carbocycles. The number of amides is 1. The molecule has 15 heavy (non-hydrogen) atoms. The maximum Gasteiger partial charge on any atom is 0.236 e. The van der Waals surface area contributed by atoms with Crippen LogP contribution in [0.25, 0.3) is 0 Å². The number of aromatic nitrogens is 1. The average Bonchev–Trinajstić information content (AvgIpc) is 2.14. The minimum absolute atomic E-state index is 0. The summed E-state index contributed by atoms with van der Waals surface area (Å²) < 4.78 is 0. The van der Waals surface area contributed by atoms with Crippen LogP contribution < -0.4 is 11.1 Å². The minimum Gasteiger partial charge on any atom is -0.351 e. The molecule has 0 unspecified atom stereocenters. The van der Waals surface area contributed by atoms with Gasteiger partial charge in [0.1, 0.15) is 0 Å². The van der Waals surface area contributed by atoms with Crippen molar-refractivity contribution in [2.45, 2.75) is 26.4 Å². The lowest BCUT2D eigenvalue weighted by Gasteiger charge is -2.07. The van der Waals surface area contributed by atoms with E-state index in [-0.39, 0.29) is 18.3 Å². The van der Waals surface area contributed by atoms with Gasteiger partial charge in [-0.2, -0.15) is 0 Å². The van der Waals surface area contributed by atoms with E-state index in [1.807, 2.05) is 13.0 Å². The summed E-state index contributed by atoms with van der Waals surface area (Å²) >= 11 is 0. The van der Waals surface area contributed by atoms with E-state index >= 15 is 0 Å². The first-order valence-electron chi connectivity index (χ1n) is 4.53. The monoisotopic (exact) mass is 229 g/mol. The zero-order chi connectivity index (χ0) is 10.6. The van der Waals surface area contributed by atoms with Gasteiger partial charge in [-0.25, -0.2) is 0 Å². The fraction of sp³-hybridized carbons (Fsp3) is 0.400. The predicted molar refractivity (Wildman–Crippen MR) is 61.7 cm³/mol. The molecule has 0 bridgehead atoms. The number of halogens is 1. The van der Waals surface area contributed by atoms with Crippen LogP contribution in [0.5, 0.6) is 0 Å². The smallest absolute Gasteiger partial charge is 0.236 e. The molecule has 0 saturated heterocycles. The van der Waals surface area contributed by atoms with Crippen LogP contribution in [0.1, 0.15) is 18.1 Å². The highest BCUT2D eigenvalue weighted by molar-refractivity contribution is 5.85. The van der Waals surface area contributed by atoms with Crippen molar-refractivity contribution in [1.29, 1.82) is 0 Å². The lowest BCUT2D eigenvalue weighted by molar-refractivity contribution is -0.122. The summed E-state index contributed by atoms with van der Waals surface area (Å²) in [5, 5.41) is 2.72.